The number of ether oxygens (including phenoxy) is 1. The predicted molar refractivity (Wildman–Crippen MR) is 142 cm³/mol. The minimum absolute atomic E-state index is 0.104. The molecule has 204 valence electrons. The number of carboxylic acids is 1. The lowest BCUT2D eigenvalue weighted by atomic mass is 9.96. The molecule has 3 aromatic carbocycles. The van der Waals surface area contributed by atoms with Crippen molar-refractivity contribution < 1.29 is 27.8 Å². The molecule has 5 aromatic rings. The largest absolute Gasteiger partial charge is 0.479 e. The van der Waals surface area contributed by atoms with E-state index >= 15 is 0 Å². The first kappa shape index (κ1) is 27.2. The third-order valence-electron chi connectivity index (χ3n) is 5.91. The van der Waals surface area contributed by atoms with Crippen molar-refractivity contribution in [3.63, 3.8) is 0 Å². The fourth-order valence-electron chi connectivity index (χ4n) is 4.09. The van der Waals surface area contributed by atoms with Crippen molar-refractivity contribution in [2.75, 3.05) is 6.61 Å². The molecule has 13 heteroatoms. The molecule has 0 aliphatic heterocycles. The SMILES string of the molecule is O=C(O)COc1nn2c(=O)n(Cc3ccc(C(F)(F)F)cc3)nc2c(-c2ccc(Cl)cc2)c1-c1ccc(Cl)cc1. The van der Waals surface area contributed by atoms with Crippen LogP contribution in [0.15, 0.2) is 77.6 Å². The summed E-state index contributed by atoms with van der Waals surface area (Å²) in [4.78, 5) is 24.7. The van der Waals surface area contributed by atoms with Crippen LogP contribution in [0.5, 0.6) is 5.88 Å². The van der Waals surface area contributed by atoms with Crippen LogP contribution in [0.4, 0.5) is 13.2 Å². The topological polar surface area (TPSA) is 98.7 Å². The van der Waals surface area contributed by atoms with Gasteiger partial charge in [0.25, 0.3) is 0 Å². The van der Waals surface area contributed by atoms with Crippen LogP contribution in [-0.2, 0) is 17.5 Å². The average molecular weight is 589 g/mol. The Kier molecular flexibility index (Phi) is 7.26. The van der Waals surface area contributed by atoms with Gasteiger partial charge >= 0.3 is 17.8 Å². The molecular formula is C27H17Cl2F3N4O4. The summed E-state index contributed by atoms with van der Waals surface area (Å²) in [5, 5.41) is 18.9. The molecule has 0 aliphatic carbocycles. The minimum Gasteiger partial charge on any atom is -0.479 e. The van der Waals surface area contributed by atoms with E-state index in [0.717, 1.165) is 21.3 Å². The highest BCUT2D eigenvalue weighted by Gasteiger charge is 2.30. The van der Waals surface area contributed by atoms with Crippen LogP contribution in [0.1, 0.15) is 11.1 Å². The quantitative estimate of drug-likeness (QED) is 0.248. The van der Waals surface area contributed by atoms with Crippen LogP contribution in [0, 0.1) is 0 Å². The molecule has 0 saturated heterocycles. The molecule has 0 aliphatic rings. The Bertz CT molecular complexity index is 1770. The average Bonchev–Trinajstić information content (AvgIpc) is 3.22. The number of carboxylic acid groups (broad SMARTS) is 1. The Balaban J connectivity index is 1.74. The number of rotatable bonds is 7. The highest BCUT2D eigenvalue weighted by Crippen LogP contribution is 2.40. The first-order chi connectivity index (χ1) is 19.0. The van der Waals surface area contributed by atoms with Gasteiger partial charge in [0.15, 0.2) is 12.3 Å². The molecule has 0 fully saturated rings. The highest BCUT2D eigenvalue weighted by molar-refractivity contribution is 6.31. The van der Waals surface area contributed by atoms with Crippen LogP contribution in [0.25, 0.3) is 27.9 Å². The number of carbonyl (C=O) groups is 1. The summed E-state index contributed by atoms with van der Waals surface area (Å²) in [7, 11) is 0. The molecule has 0 bridgehead atoms. The summed E-state index contributed by atoms with van der Waals surface area (Å²) in [6, 6.07) is 17.6. The molecule has 0 amide bonds. The number of hydrogen-bond donors (Lipinski definition) is 1. The van der Waals surface area contributed by atoms with Crippen LogP contribution in [0.3, 0.4) is 0 Å². The third kappa shape index (κ3) is 5.51. The van der Waals surface area contributed by atoms with Crippen LogP contribution < -0.4 is 10.4 Å². The second-order valence-corrected chi connectivity index (χ2v) is 9.49. The molecule has 8 nitrogen and oxygen atoms in total. The number of fused-ring (bicyclic) bond motifs is 1. The monoisotopic (exact) mass is 588 g/mol. The van der Waals surface area contributed by atoms with Gasteiger partial charge in [-0.3, -0.25) is 0 Å². The molecule has 0 atom stereocenters. The van der Waals surface area contributed by atoms with E-state index in [9.17, 15) is 27.9 Å². The van der Waals surface area contributed by atoms with Crippen LogP contribution >= 0.6 is 23.2 Å². The van der Waals surface area contributed by atoms with Crippen molar-refractivity contribution in [2.24, 2.45) is 0 Å². The Morgan fingerprint density at radius 2 is 1.40 bits per heavy atom. The van der Waals surface area contributed by atoms with Gasteiger partial charge < -0.3 is 9.84 Å². The van der Waals surface area contributed by atoms with Gasteiger partial charge in [-0.05, 0) is 53.1 Å². The summed E-state index contributed by atoms with van der Waals surface area (Å²) < 4.78 is 46.5. The van der Waals surface area contributed by atoms with Gasteiger partial charge in [-0.2, -0.15) is 17.7 Å². The summed E-state index contributed by atoms with van der Waals surface area (Å²) >= 11 is 12.2. The number of nitrogens with zero attached hydrogens (tertiary/aromatic N) is 4. The second kappa shape index (κ2) is 10.7. The van der Waals surface area contributed by atoms with Crippen molar-refractivity contribution in [3.05, 3.63) is 104 Å². The first-order valence-corrected chi connectivity index (χ1v) is 12.3. The van der Waals surface area contributed by atoms with E-state index in [2.05, 4.69) is 10.2 Å². The molecule has 0 saturated carbocycles. The zero-order valence-corrected chi connectivity index (χ0v) is 21.7. The van der Waals surface area contributed by atoms with Crippen molar-refractivity contribution >= 4 is 34.8 Å². The first-order valence-electron chi connectivity index (χ1n) is 11.6. The number of aromatic nitrogens is 4. The molecule has 2 aromatic heterocycles. The maximum atomic E-state index is 13.4. The molecule has 2 heterocycles. The van der Waals surface area contributed by atoms with Gasteiger partial charge in [-0.25, -0.2) is 14.3 Å². The van der Waals surface area contributed by atoms with Crippen LogP contribution in [0.2, 0.25) is 10.0 Å². The van der Waals surface area contributed by atoms with E-state index in [-0.39, 0.29) is 18.1 Å². The number of alkyl halides is 3. The van der Waals surface area contributed by atoms with Crippen LogP contribution in [-0.4, -0.2) is 37.1 Å². The fraction of sp³-hybridized carbons (Fsp3) is 0.111. The zero-order valence-electron chi connectivity index (χ0n) is 20.2. The maximum Gasteiger partial charge on any atom is 0.416 e. The molecule has 0 radical (unpaired) electrons. The Morgan fingerprint density at radius 3 is 1.93 bits per heavy atom. The lowest BCUT2D eigenvalue weighted by Gasteiger charge is -2.15. The molecule has 1 N–H and O–H groups in total. The van der Waals surface area contributed by atoms with E-state index < -0.39 is 30.0 Å². The number of hydrogen-bond acceptors (Lipinski definition) is 5. The number of benzene rings is 3. The second-order valence-electron chi connectivity index (χ2n) is 8.62. The van der Waals surface area contributed by atoms with E-state index in [1.54, 1.807) is 48.5 Å². The van der Waals surface area contributed by atoms with E-state index in [0.29, 0.717) is 37.9 Å². The normalized spacial score (nSPS) is 11.6. The predicted octanol–water partition coefficient (Wildman–Crippen LogP) is 6.06. The maximum absolute atomic E-state index is 13.4. The van der Waals surface area contributed by atoms with E-state index in [1.807, 2.05) is 0 Å². The standard InChI is InChI=1S/C27H17Cl2F3N4O4/c28-19-9-3-16(4-10-19)22-23(17-5-11-20(29)12-6-17)25(40-14-21(37)38)34-36-24(22)33-35(26(36)39)13-15-1-7-18(8-2-15)27(30,31)32/h1-12H,13-14H2,(H,37,38). The summed E-state index contributed by atoms with van der Waals surface area (Å²) in [6.45, 7) is -0.893. The van der Waals surface area contributed by atoms with Gasteiger partial charge in [0.2, 0.25) is 5.88 Å². The molecule has 0 unspecified atom stereocenters. The number of aliphatic carboxylic acids is 1. The zero-order chi connectivity index (χ0) is 28.6. The van der Waals surface area contributed by atoms with Crippen molar-refractivity contribution in [1.29, 1.82) is 0 Å². The van der Waals surface area contributed by atoms with E-state index in [1.165, 1.54) is 12.1 Å². The minimum atomic E-state index is -4.50. The van der Waals surface area contributed by atoms with Crippen molar-refractivity contribution in [1.82, 2.24) is 19.4 Å². The summed E-state index contributed by atoms with van der Waals surface area (Å²) in [5.41, 5.74) is 0.810. The fourth-order valence-corrected chi connectivity index (χ4v) is 4.34. The number of halogens is 5. The lowest BCUT2D eigenvalue weighted by Crippen LogP contribution is -2.23. The third-order valence-corrected chi connectivity index (χ3v) is 6.41. The van der Waals surface area contributed by atoms with E-state index in [4.69, 9.17) is 27.9 Å². The molecule has 40 heavy (non-hydrogen) atoms. The summed E-state index contributed by atoms with van der Waals surface area (Å²) in [5.74, 6) is -1.42. The Labute approximate surface area is 233 Å². The Hall–Kier alpha value is -4.35. The van der Waals surface area contributed by atoms with Gasteiger partial charge in [0.05, 0.1) is 17.7 Å². The van der Waals surface area contributed by atoms with Gasteiger partial charge in [0, 0.05) is 15.6 Å². The van der Waals surface area contributed by atoms with Gasteiger partial charge in [0.1, 0.15) is 0 Å². The molecule has 5 rings (SSSR count). The van der Waals surface area contributed by atoms with Crippen molar-refractivity contribution in [2.45, 2.75) is 12.7 Å². The smallest absolute Gasteiger partial charge is 0.416 e. The molecule has 0 spiro atoms. The molecular weight excluding hydrogens is 572 g/mol. The van der Waals surface area contributed by atoms with Crippen molar-refractivity contribution in [3.8, 4) is 28.1 Å². The Morgan fingerprint density at radius 1 is 0.850 bits per heavy atom. The highest BCUT2D eigenvalue weighted by atomic mass is 35.5. The van der Waals surface area contributed by atoms with Gasteiger partial charge in [-0.1, -0.05) is 59.6 Å². The summed E-state index contributed by atoms with van der Waals surface area (Å²) in [6.07, 6.45) is -4.50. The van der Waals surface area contributed by atoms with Gasteiger partial charge in [-0.15, -0.1) is 10.2 Å². The lowest BCUT2D eigenvalue weighted by molar-refractivity contribution is -0.139.